The van der Waals surface area contributed by atoms with Crippen LogP contribution in [-0.4, -0.2) is 23.3 Å². The van der Waals surface area contributed by atoms with Crippen molar-refractivity contribution < 1.29 is 9.59 Å². The van der Waals surface area contributed by atoms with Crippen LogP contribution in [0, 0.1) is 13.8 Å². The average molecular weight is 437 g/mol. The summed E-state index contributed by atoms with van der Waals surface area (Å²) in [5.74, 6) is -0.536. The van der Waals surface area contributed by atoms with Gasteiger partial charge in [-0.2, -0.15) is 0 Å². The van der Waals surface area contributed by atoms with Gasteiger partial charge in [0.15, 0.2) is 5.13 Å². The van der Waals surface area contributed by atoms with Gasteiger partial charge in [-0.25, -0.2) is 4.98 Å². The first kappa shape index (κ1) is 20.1. The lowest BCUT2D eigenvalue weighted by Gasteiger charge is -2.11. The standard InChI is InChI=1S/C22H20N4O2S2/c1-13-7-6-8-14(2)19(13)25-18(27)12-23-20(28)16-11-17-21(29-16)26-22(30-17)24-15-9-4-3-5-10-15/h3-11H,12H2,1-2H3,(H,23,28)(H,24,26)(H,25,27). The Kier molecular flexibility index (Phi) is 5.78. The quantitative estimate of drug-likeness (QED) is 0.393. The molecule has 0 spiro atoms. The molecule has 0 aliphatic rings. The molecule has 4 aromatic rings. The molecule has 6 nitrogen and oxygen atoms in total. The van der Waals surface area contributed by atoms with Crippen LogP contribution in [-0.2, 0) is 4.79 Å². The van der Waals surface area contributed by atoms with Crippen molar-refractivity contribution in [2.24, 2.45) is 0 Å². The van der Waals surface area contributed by atoms with Gasteiger partial charge in [0.25, 0.3) is 5.91 Å². The van der Waals surface area contributed by atoms with Crippen molar-refractivity contribution in [2.45, 2.75) is 13.8 Å². The Morgan fingerprint density at radius 1 is 0.967 bits per heavy atom. The zero-order valence-electron chi connectivity index (χ0n) is 16.5. The molecule has 3 N–H and O–H groups in total. The molecule has 0 aliphatic heterocycles. The number of fused-ring (bicyclic) bond motifs is 1. The number of nitrogens with zero attached hydrogens (tertiary/aromatic N) is 1. The summed E-state index contributed by atoms with van der Waals surface area (Å²) >= 11 is 2.80. The largest absolute Gasteiger partial charge is 0.342 e. The van der Waals surface area contributed by atoms with E-state index in [1.54, 1.807) is 0 Å². The minimum absolute atomic E-state index is 0.0909. The van der Waals surface area contributed by atoms with Crippen molar-refractivity contribution in [3.63, 3.8) is 0 Å². The Hall–Kier alpha value is -3.23. The van der Waals surface area contributed by atoms with E-state index in [1.807, 2.05) is 68.4 Å². The molecule has 30 heavy (non-hydrogen) atoms. The number of carbonyl (C=O) groups is 2. The van der Waals surface area contributed by atoms with E-state index in [0.717, 1.165) is 37.2 Å². The Morgan fingerprint density at radius 3 is 2.40 bits per heavy atom. The number of thiophene rings is 1. The fourth-order valence-electron chi connectivity index (χ4n) is 2.99. The Bertz CT molecular complexity index is 1160. The van der Waals surface area contributed by atoms with Crippen LogP contribution in [0.5, 0.6) is 0 Å². The number of aromatic nitrogens is 1. The molecule has 0 radical (unpaired) electrons. The van der Waals surface area contributed by atoms with Gasteiger partial charge in [-0.15, -0.1) is 11.3 Å². The molecular weight excluding hydrogens is 416 g/mol. The third-order valence-corrected chi connectivity index (χ3v) is 6.57. The third kappa shape index (κ3) is 4.50. The van der Waals surface area contributed by atoms with Crippen LogP contribution in [0.15, 0.2) is 54.6 Å². The van der Waals surface area contributed by atoms with Gasteiger partial charge >= 0.3 is 0 Å². The third-order valence-electron chi connectivity index (χ3n) is 4.49. The van der Waals surface area contributed by atoms with Gasteiger partial charge in [0.05, 0.1) is 16.1 Å². The summed E-state index contributed by atoms with van der Waals surface area (Å²) in [6.45, 7) is 3.79. The monoisotopic (exact) mass is 436 g/mol. The van der Waals surface area contributed by atoms with E-state index < -0.39 is 0 Å². The number of anilines is 3. The summed E-state index contributed by atoms with van der Waals surface area (Å²) in [5, 5.41) is 9.59. The highest BCUT2D eigenvalue weighted by Gasteiger charge is 2.15. The summed E-state index contributed by atoms with van der Waals surface area (Å²) in [6.07, 6.45) is 0. The fourth-order valence-corrected chi connectivity index (χ4v) is 5.04. The molecule has 0 saturated heterocycles. The Balaban J connectivity index is 1.36. The number of hydrogen-bond acceptors (Lipinski definition) is 6. The molecule has 0 aliphatic carbocycles. The van der Waals surface area contributed by atoms with Gasteiger partial charge in [0.1, 0.15) is 4.83 Å². The van der Waals surface area contributed by atoms with E-state index in [0.29, 0.717) is 4.88 Å². The number of rotatable bonds is 6. The second kappa shape index (κ2) is 8.64. The maximum atomic E-state index is 12.5. The maximum absolute atomic E-state index is 12.5. The summed E-state index contributed by atoms with van der Waals surface area (Å²) in [4.78, 5) is 30.6. The number of hydrogen-bond donors (Lipinski definition) is 3. The molecule has 0 fully saturated rings. The molecule has 2 heterocycles. The first-order valence-corrected chi connectivity index (χ1v) is 11.0. The normalized spacial score (nSPS) is 10.7. The lowest BCUT2D eigenvalue weighted by atomic mass is 10.1. The van der Waals surface area contributed by atoms with Crippen molar-refractivity contribution in [3.05, 3.63) is 70.6 Å². The first-order valence-electron chi connectivity index (χ1n) is 9.36. The van der Waals surface area contributed by atoms with Gasteiger partial charge in [0, 0.05) is 11.4 Å². The summed E-state index contributed by atoms with van der Waals surface area (Å²) in [5.41, 5.74) is 3.72. The summed E-state index contributed by atoms with van der Waals surface area (Å²) < 4.78 is 0.934. The molecule has 2 amide bonds. The highest BCUT2D eigenvalue weighted by molar-refractivity contribution is 7.29. The summed E-state index contributed by atoms with van der Waals surface area (Å²) in [7, 11) is 0. The molecule has 2 aromatic carbocycles. The highest BCUT2D eigenvalue weighted by Crippen LogP contribution is 2.34. The molecule has 8 heteroatoms. The van der Waals surface area contributed by atoms with Crippen LogP contribution in [0.3, 0.4) is 0 Å². The second-order valence-electron chi connectivity index (χ2n) is 6.79. The zero-order valence-corrected chi connectivity index (χ0v) is 18.1. The van der Waals surface area contributed by atoms with E-state index in [4.69, 9.17) is 0 Å². The number of benzene rings is 2. The van der Waals surface area contributed by atoms with Crippen molar-refractivity contribution in [3.8, 4) is 0 Å². The second-order valence-corrected chi connectivity index (χ2v) is 8.85. The van der Waals surface area contributed by atoms with Crippen LogP contribution >= 0.6 is 22.7 Å². The minimum atomic E-state index is -0.278. The van der Waals surface area contributed by atoms with E-state index in [-0.39, 0.29) is 18.4 Å². The molecular formula is C22H20N4O2S2. The number of aryl methyl sites for hydroxylation is 2. The first-order chi connectivity index (χ1) is 14.5. The van der Waals surface area contributed by atoms with Gasteiger partial charge in [-0.1, -0.05) is 47.7 Å². The van der Waals surface area contributed by atoms with E-state index >= 15 is 0 Å². The molecule has 0 bridgehead atoms. The smallest absolute Gasteiger partial charge is 0.261 e. The topological polar surface area (TPSA) is 83.1 Å². The zero-order chi connectivity index (χ0) is 21.1. The highest BCUT2D eigenvalue weighted by atomic mass is 32.1. The molecule has 0 unspecified atom stereocenters. The molecule has 152 valence electrons. The van der Waals surface area contributed by atoms with Crippen LogP contribution in [0.2, 0.25) is 0 Å². The predicted molar refractivity (Wildman–Crippen MR) is 124 cm³/mol. The van der Waals surface area contributed by atoms with E-state index in [9.17, 15) is 9.59 Å². The summed E-state index contributed by atoms with van der Waals surface area (Å²) in [6, 6.07) is 17.4. The maximum Gasteiger partial charge on any atom is 0.261 e. The van der Waals surface area contributed by atoms with Gasteiger partial charge in [-0.3, -0.25) is 9.59 Å². The average Bonchev–Trinajstić information content (AvgIpc) is 3.28. The van der Waals surface area contributed by atoms with Gasteiger partial charge in [0.2, 0.25) is 5.91 Å². The Morgan fingerprint density at radius 2 is 1.70 bits per heavy atom. The van der Waals surface area contributed by atoms with Crippen molar-refractivity contribution in [1.82, 2.24) is 10.3 Å². The SMILES string of the molecule is Cc1cccc(C)c1NC(=O)CNC(=O)c1cc2sc(Nc3ccccc3)nc2s1. The lowest BCUT2D eigenvalue weighted by molar-refractivity contribution is -0.115. The number of amides is 2. The van der Waals surface area contributed by atoms with Crippen LogP contribution in [0.4, 0.5) is 16.5 Å². The predicted octanol–water partition coefficient (Wildman–Crippen LogP) is 5.09. The van der Waals surface area contributed by atoms with Gasteiger partial charge < -0.3 is 16.0 Å². The number of para-hydroxylation sites is 2. The minimum Gasteiger partial charge on any atom is -0.342 e. The van der Waals surface area contributed by atoms with E-state index in [2.05, 4.69) is 20.9 Å². The fraction of sp³-hybridized carbons (Fsp3) is 0.136. The lowest BCUT2D eigenvalue weighted by Crippen LogP contribution is -2.32. The Labute approximate surface area is 182 Å². The molecule has 2 aromatic heterocycles. The van der Waals surface area contributed by atoms with Crippen LogP contribution < -0.4 is 16.0 Å². The number of nitrogens with one attached hydrogen (secondary N) is 3. The number of carbonyl (C=O) groups excluding carboxylic acids is 2. The van der Waals surface area contributed by atoms with Gasteiger partial charge in [-0.05, 0) is 43.2 Å². The molecule has 0 saturated carbocycles. The molecule has 4 rings (SSSR count). The van der Waals surface area contributed by atoms with Crippen molar-refractivity contribution >= 4 is 60.5 Å². The number of thiazole rings is 1. The van der Waals surface area contributed by atoms with Crippen LogP contribution in [0.25, 0.3) is 9.53 Å². The van der Waals surface area contributed by atoms with E-state index in [1.165, 1.54) is 22.7 Å². The van der Waals surface area contributed by atoms with Crippen LogP contribution in [0.1, 0.15) is 20.8 Å². The molecule has 0 atom stereocenters. The van der Waals surface area contributed by atoms with Crippen molar-refractivity contribution in [1.29, 1.82) is 0 Å². The van der Waals surface area contributed by atoms with Crippen molar-refractivity contribution in [2.75, 3.05) is 17.2 Å².